The predicted octanol–water partition coefficient (Wildman–Crippen LogP) is 0.866. The summed E-state index contributed by atoms with van der Waals surface area (Å²) in [5.41, 5.74) is 0.0866. The first-order chi connectivity index (χ1) is 8.22. The van der Waals surface area contributed by atoms with Crippen molar-refractivity contribution in [3.05, 3.63) is 0 Å². The number of rotatable bonds is 7. The van der Waals surface area contributed by atoms with Crippen molar-refractivity contribution in [1.82, 2.24) is 10.2 Å². The molecule has 4 heteroatoms. The van der Waals surface area contributed by atoms with Crippen molar-refractivity contribution >= 4 is 0 Å². The van der Waals surface area contributed by atoms with Gasteiger partial charge in [-0.15, -0.1) is 0 Å². The first-order valence-corrected chi connectivity index (χ1v) is 6.90. The Morgan fingerprint density at radius 2 is 2.29 bits per heavy atom. The fourth-order valence-corrected chi connectivity index (χ4v) is 2.46. The molecule has 0 aromatic rings. The van der Waals surface area contributed by atoms with E-state index in [0.29, 0.717) is 6.10 Å². The lowest BCUT2D eigenvalue weighted by Crippen LogP contribution is -2.59. The number of hydrogen-bond acceptors (Lipinski definition) is 4. The van der Waals surface area contributed by atoms with Crippen molar-refractivity contribution in [2.24, 2.45) is 0 Å². The highest BCUT2D eigenvalue weighted by Gasteiger charge is 2.32. The van der Waals surface area contributed by atoms with Gasteiger partial charge in [-0.05, 0) is 26.3 Å². The zero-order chi connectivity index (χ0) is 12.1. The summed E-state index contributed by atoms with van der Waals surface area (Å²) in [5, 5.41) is 3.25. The van der Waals surface area contributed by atoms with Gasteiger partial charge in [-0.25, -0.2) is 0 Å². The topological polar surface area (TPSA) is 33.7 Å². The van der Waals surface area contributed by atoms with Gasteiger partial charge in [0.2, 0.25) is 0 Å². The third-order valence-electron chi connectivity index (χ3n) is 3.79. The zero-order valence-electron chi connectivity index (χ0n) is 11.2. The average molecular weight is 242 g/mol. The minimum absolute atomic E-state index is 0.0866. The van der Waals surface area contributed by atoms with Crippen LogP contribution in [0.25, 0.3) is 0 Å². The zero-order valence-corrected chi connectivity index (χ0v) is 11.2. The molecule has 2 saturated heterocycles. The summed E-state index contributed by atoms with van der Waals surface area (Å²) in [6.45, 7) is 11.3. The van der Waals surface area contributed by atoms with Crippen molar-refractivity contribution < 1.29 is 9.47 Å². The van der Waals surface area contributed by atoms with Crippen molar-refractivity contribution in [2.45, 2.75) is 38.4 Å². The maximum absolute atomic E-state index is 5.92. The monoisotopic (exact) mass is 242 g/mol. The molecule has 0 spiro atoms. The van der Waals surface area contributed by atoms with E-state index >= 15 is 0 Å². The maximum atomic E-state index is 5.92. The van der Waals surface area contributed by atoms with Gasteiger partial charge < -0.3 is 14.8 Å². The van der Waals surface area contributed by atoms with E-state index in [0.717, 1.165) is 45.9 Å². The van der Waals surface area contributed by atoms with Gasteiger partial charge >= 0.3 is 0 Å². The summed E-state index contributed by atoms with van der Waals surface area (Å²) in [7, 11) is 0. The Kier molecular flexibility index (Phi) is 4.79. The second-order valence-electron chi connectivity index (χ2n) is 5.43. The molecule has 0 aromatic heterocycles. The molecule has 0 amide bonds. The van der Waals surface area contributed by atoms with E-state index in [1.165, 1.54) is 12.8 Å². The van der Waals surface area contributed by atoms with Gasteiger partial charge in [0.15, 0.2) is 0 Å². The van der Waals surface area contributed by atoms with Crippen LogP contribution in [0.15, 0.2) is 0 Å². The van der Waals surface area contributed by atoms with Crippen LogP contribution in [-0.2, 0) is 9.47 Å². The van der Waals surface area contributed by atoms with Gasteiger partial charge in [0.25, 0.3) is 0 Å². The minimum atomic E-state index is 0.0866. The Balaban J connectivity index is 1.61. The quantitative estimate of drug-likeness (QED) is 0.718. The summed E-state index contributed by atoms with van der Waals surface area (Å²) >= 11 is 0. The lowest BCUT2D eigenvalue weighted by Gasteiger charge is -2.39. The number of hydrogen-bond donors (Lipinski definition) is 1. The molecule has 0 aliphatic carbocycles. The van der Waals surface area contributed by atoms with E-state index < -0.39 is 0 Å². The molecule has 100 valence electrons. The van der Waals surface area contributed by atoms with E-state index in [-0.39, 0.29) is 5.60 Å². The second-order valence-corrected chi connectivity index (χ2v) is 5.43. The average Bonchev–Trinajstić information content (AvgIpc) is 2.78. The molecule has 1 N–H and O–H groups in total. The normalized spacial score (nSPS) is 27.4. The molecule has 0 radical (unpaired) electrons. The van der Waals surface area contributed by atoms with E-state index in [2.05, 4.69) is 24.1 Å². The molecule has 2 heterocycles. The Hall–Kier alpha value is -0.160. The molecule has 2 fully saturated rings. The smallest absolute Gasteiger partial charge is 0.0902 e. The standard InChI is InChI=1S/C13H26N2O2/c1-3-15(9-12-5-4-7-16-12)6-8-17-13(2)10-14-11-13/h12,14H,3-11H2,1-2H3. The van der Waals surface area contributed by atoms with Gasteiger partial charge in [0.1, 0.15) is 0 Å². The molecule has 2 aliphatic rings. The Morgan fingerprint density at radius 3 is 2.82 bits per heavy atom. The molecule has 4 nitrogen and oxygen atoms in total. The van der Waals surface area contributed by atoms with Crippen LogP contribution in [0.1, 0.15) is 26.7 Å². The Labute approximate surface area is 105 Å². The summed E-state index contributed by atoms with van der Waals surface area (Å²) in [6.07, 6.45) is 2.90. The highest BCUT2D eigenvalue weighted by molar-refractivity contribution is 4.90. The summed E-state index contributed by atoms with van der Waals surface area (Å²) < 4.78 is 11.6. The van der Waals surface area contributed by atoms with Crippen molar-refractivity contribution in [3.8, 4) is 0 Å². The van der Waals surface area contributed by atoms with Crippen LogP contribution >= 0.6 is 0 Å². The fourth-order valence-electron chi connectivity index (χ4n) is 2.46. The summed E-state index contributed by atoms with van der Waals surface area (Å²) in [6, 6.07) is 0. The van der Waals surface area contributed by atoms with Crippen LogP contribution in [0.2, 0.25) is 0 Å². The molecule has 1 atom stereocenters. The maximum Gasteiger partial charge on any atom is 0.0902 e. The molecule has 0 saturated carbocycles. The second kappa shape index (κ2) is 6.14. The lowest BCUT2D eigenvalue weighted by molar-refractivity contribution is -0.0737. The Morgan fingerprint density at radius 1 is 1.47 bits per heavy atom. The van der Waals surface area contributed by atoms with Gasteiger partial charge in [-0.2, -0.15) is 0 Å². The number of nitrogens with zero attached hydrogens (tertiary/aromatic N) is 1. The molecular weight excluding hydrogens is 216 g/mol. The Bertz CT molecular complexity index is 225. The molecule has 17 heavy (non-hydrogen) atoms. The highest BCUT2D eigenvalue weighted by atomic mass is 16.5. The van der Waals surface area contributed by atoms with Crippen LogP contribution in [0.4, 0.5) is 0 Å². The van der Waals surface area contributed by atoms with Crippen LogP contribution < -0.4 is 5.32 Å². The molecule has 0 aromatic carbocycles. The fraction of sp³-hybridized carbons (Fsp3) is 1.00. The van der Waals surface area contributed by atoms with E-state index in [4.69, 9.17) is 9.47 Å². The van der Waals surface area contributed by atoms with E-state index in [9.17, 15) is 0 Å². The first-order valence-electron chi connectivity index (χ1n) is 6.90. The molecule has 2 aliphatic heterocycles. The van der Waals surface area contributed by atoms with Crippen molar-refractivity contribution in [1.29, 1.82) is 0 Å². The van der Waals surface area contributed by atoms with E-state index in [1.807, 2.05) is 0 Å². The van der Waals surface area contributed by atoms with Gasteiger partial charge in [-0.1, -0.05) is 6.92 Å². The number of nitrogens with one attached hydrogen (secondary N) is 1. The van der Waals surface area contributed by atoms with Gasteiger partial charge in [-0.3, -0.25) is 4.90 Å². The lowest BCUT2D eigenvalue weighted by atomic mass is 10.0. The number of likely N-dealkylation sites (N-methyl/N-ethyl adjacent to an activating group) is 1. The van der Waals surface area contributed by atoms with Crippen LogP contribution in [0, 0.1) is 0 Å². The third kappa shape index (κ3) is 3.91. The largest absolute Gasteiger partial charge is 0.377 e. The highest BCUT2D eigenvalue weighted by Crippen LogP contribution is 2.16. The molecule has 1 unspecified atom stereocenters. The SMILES string of the molecule is CCN(CCOC1(C)CNC1)CC1CCCO1. The minimum Gasteiger partial charge on any atom is -0.377 e. The van der Waals surface area contributed by atoms with Crippen molar-refractivity contribution in [3.63, 3.8) is 0 Å². The molecular formula is C13H26N2O2. The first kappa shape index (κ1) is 13.3. The van der Waals surface area contributed by atoms with Crippen LogP contribution in [-0.4, -0.2) is 62.5 Å². The molecule has 2 rings (SSSR count). The third-order valence-corrected chi connectivity index (χ3v) is 3.79. The van der Waals surface area contributed by atoms with Crippen molar-refractivity contribution in [2.75, 3.05) is 45.9 Å². The van der Waals surface area contributed by atoms with E-state index in [1.54, 1.807) is 0 Å². The van der Waals surface area contributed by atoms with Gasteiger partial charge in [0, 0.05) is 32.8 Å². The number of ether oxygens (including phenoxy) is 2. The summed E-state index contributed by atoms with van der Waals surface area (Å²) in [4.78, 5) is 2.44. The summed E-state index contributed by atoms with van der Waals surface area (Å²) in [5.74, 6) is 0. The predicted molar refractivity (Wildman–Crippen MR) is 68.3 cm³/mol. The van der Waals surface area contributed by atoms with Gasteiger partial charge in [0.05, 0.1) is 18.3 Å². The van der Waals surface area contributed by atoms with Crippen LogP contribution in [0.3, 0.4) is 0 Å². The molecule has 0 bridgehead atoms. The van der Waals surface area contributed by atoms with Crippen LogP contribution in [0.5, 0.6) is 0 Å².